The molecule has 1 atom stereocenters. The molecular weight excluding hydrogens is 146 g/mol. The second-order valence-corrected chi connectivity index (χ2v) is 4.74. The molecule has 0 radical (unpaired) electrons. The van der Waals surface area contributed by atoms with E-state index in [2.05, 4.69) is 32.7 Å². The fourth-order valence-electron chi connectivity index (χ4n) is 2.10. The van der Waals surface area contributed by atoms with Crippen molar-refractivity contribution in [3.8, 4) is 0 Å². The van der Waals surface area contributed by atoms with Crippen LogP contribution in [0.4, 0.5) is 0 Å². The Morgan fingerprint density at radius 3 is 2.00 bits per heavy atom. The van der Waals surface area contributed by atoms with E-state index in [9.17, 15) is 0 Å². The third-order valence-corrected chi connectivity index (χ3v) is 3.56. The third kappa shape index (κ3) is 2.48. The summed E-state index contributed by atoms with van der Waals surface area (Å²) in [4.78, 5) is 2.45. The summed E-state index contributed by atoms with van der Waals surface area (Å²) >= 11 is 0. The molecule has 1 fully saturated rings. The average molecular weight is 169 g/mol. The molecule has 1 aliphatic rings. The fourth-order valence-corrected chi connectivity index (χ4v) is 2.10. The van der Waals surface area contributed by atoms with E-state index in [4.69, 9.17) is 0 Å². The SMILES string of the molecule is CC(C)[C@H](C)C1CCN(C)CC1. The Hall–Kier alpha value is -0.0400. The molecule has 0 unspecified atom stereocenters. The van der Waals surface area contributed by atoms with Crippen LogP contribution in [0.25, 0.3) is 0 Å². The van der Waals surface area contributed by atoms with Gasteiger partial charge in [-0.25, -0.2) is 0 Å². The average Bonchev–Trinajstić information content (AvgIpc) is 2.04. The minimum atomic E-state index is 0.860. The monoisotopic (exact) mass is 169 g/mol. The Balaban J connectivity index is 2.34. The van der Waals surface area contributed by atoms with Crippen LogP contribution in [0, 0.1) is 17.8 Å². The zero-order valence-corrected chi connectivity index (χ0v) is 9.01. The predicted octanol–water partition coefficient (Wildman–Crippen LogP) is 2.62. The summed E-state index contributed by atoms with van der Waals surface area (Å²) in [6, 6.07) is 0. The molecule has 12 heavy (non-hydrogen) atoms. The molecule has 0 aromatic rings. The van der Waals surface area contributed by atoms with E-state index in [-0.39, 0.29) is 0 Å². The molecule has 0 bridgehead atoms. The first-order chi connectivity index (χ1) is 5.61. The molecule has 0 N–H and O–H groups in total. The summed E-state index contributed by atoms with van der Waals surface area (Å²) in [7, 11) is 2.23. The molecule has 1 heterocycles. The second kappa shape index (κ2) is 4.27. The first-order valence-electron chi connectivity index (χ1n) is 5.29. The van der Waals surface area contributed by atoms with Crippen molar-refractivity contribution in [2.45, 2.75) is 33.6 Å². The van der Waals surface area contributed by atoms with Crippen LogP contribution in [0.1, 0.15) is 33.6 Å². The van der Waals surface area contributed by atoms with E-state index in [1.54, 1.807) is 0 Å². The molecule has 1 saturated heterocycles. The predicted molar refractivity (Wildman–Crippen MR) is 54.2 cm³/mol. The van der Waals surface area contributed by atoms with E-state index >= 15 is 0 Å². The highest BCUT2D eigenvalue weighted by molar-refractivity contribution is 4.75. The summed E-state index contributed by atoms with van der Waals surface area (Å²) in [5.74, 6) is 2.76. The van der Waals surface area contributed by atoms with E-state index < -0.39 is 0 Å². The second-order valence-electron chi connectivity index (χ2n) is 4.74. The molecular formula is C11H23N. The quantitative estimate of drug-likeness (QED) is 0.614. The maximum atomic E-state index is 2.45. The van der Waals surface area contributed by atoms with E-state index in [1.165, 1.54) is 25.9 Å². The molecule has 0 spiro atoms. The van der Waals surface area contributed by atoms with Gasteiger partial charge in [-0.1, -0.05) is 20.8 Å². The molecule has 0 aliphatic carbocycles. The highest BCUT2D eigenvalue weighted by Crippen LogP contribution is 2.28. The standard InChI is InChI=1S/C11H23N/c1-9(2)10(3)11-5-7-12(4)8-6-11/h9-11H,5-8H2,1-4H3/t10-/m0/s1. The Morgan fingerprint density at radius 1 is 1.08 bits per heavy atom. The maximum absolute atomic E-state index is 2.45. The lowest BCUT2D eigenvalue weighted by atomic mass is 9.79. The zero-order chi connectivity index (χ0) is 9.14. The number of piperidine rings is 1. The lowest BCUT2D eigenvalue weighted by Gasteiger charge is -2.34. The van der Waals surface area contributed by atoms with Crippen LogP contribution in [-0.2, 0) is 0 Å². The van der Waals surface area contributed by atoms with Crippen LogP contribution in [0.15, 0.2) is 0 Å². The van der Waals surface area contributed by atoms with Crippen molar-refractivity contribution in [3.05, 3.63) is 0 Å². The highest BCUT2D eigenvalue weighted by Gasteiger charge is 2.23. The van der Waals surface area contributed by atoms with Crippen molar-refractivity contribution >= 4 is 0 Å². The van der Waals surface area contributed by atoms with Gasteiger partial charge in [0.15, 0.2) is 0 Å². The van der Waals surface area contributed by atoms with Gasteiger partial charge in [-0.2, -0.15) is 0 Å². The van der Waals surface area contributed by atoms with Gasteiger partial charge in [-0.05, 0) is 50.7 Å². The molecule has 1 aliphatic heterocycles. The molecule has 0 aromatic heterocycles. The molecule has 72 valence electrons. The molecule has 0 aromatic carbocycles. The highest BCUT2D eigenvalue weighted by atomic mass is 15.1. The first-order valence-corrected chi connectivity index (χ1v) is 5.29. The Kier molecular flexibility index (Phi) is 3.57. The number of rotatable bonds is 2. The van der Waals surface area contributed by atoms with Crippen molar-refractivity contribution in [1.29, 1.82) is 0 Å². The molecule has 0 saturated carbocycles. The van der Waals surface area contributed by atoms with E-state index in [0.29, 0.717) is 0 Å². The van der Waals surface area contributed by atoms with Gasteiger partial charge in [0.05, 0.1) is 0 Å². The van der Waals surface area contributed by atoms with Gasteiger partial charge in [-0.15, -0.1) is 0 Å². The van der Waals surface area contributed by atoms with Gasteiger partial charge in [0.1, 0.15) is 0 Å². The van der Waals surface area contributed by atoms with Crippen molar-refractivity contribution in [3.63, 3.8) is 0 Å². The van der Waals surface area contributed by atoms with Gasteiger partial charge in [0.2, 0.25) is 0 Å². The van der Waals surface area contributed by atoms with Crippen LogP contribution >= 0.6 is 0 Å². The van der Waals surface area contributed by atoms with Gasteiger partial charge in [0.25, 0.3) is 0 Å². The third-order valence-electron chi connectivity index (χ3n) is 3.56. The fraction of sp³-hybridized carbons (Fsp3) is 1.00. The van der Waals surface area contributed by atoms with Crippen molar-refractivity contribution in [1.82, 2.24) is 4.90 Å². The summed E-state index contributed by atoms with van der Waals surface area (Å²) < 4.78 is 0. The summed E-state index contributed by atoms with van der Waals surface area (Å²) in [6.07, 6.45) is 2.83. The molecule has 1 heteroatoms. The number of nitrogens with zero attached hydrogens (tertiary/aromatic N) is 1. The Morgan fingerprint density at radius 2 is 1.58 bits per heavy atom. The van der Waals surface area contributed by atoms with Crippen LogP contribution < -0.4 is 0 Å². The van der Waals surface area contributed by atoms with Crippen molar-refractivity contribution in [2.24, 2.45) is 17.8 Å². The van der Waals surface area contributed by atoms with Gasteiger partial charge in [-0.3, -0.25) is 0 Å². The van der Waals surface area contributed by atoms with Crippen LogP contribution in [0.5, 0.6) is 0 Å². The smallest absolute Gasteiger partial charge is 0.00190 e. The summed E-state index contributed by atoms with van der Waals surface area (Å²) in [5.41, 5.74) is 0. The van der Waals surface area contributed by atoms with Crippen molar-refractivity contribution in [2.75, 3.05) is 20.1 Å². The minimum absolute atomic E-state index is 0.860. The van der Waals surface area contributed by atoms with Gasteiger partial charge in [0, 0.05) is 0 Å². The van der Waals surface area contributed by atoms with Crippen LogP contribution in [0.3, 0.4) is 0 Å². The zero-order valence-electron chi connectivity index (χ0n) is 9.01. The topological polar surface area (TPSA) is 3.24 Å². The van der Waals surface area contributed by atoms with E-state index in [0.717, 1.165) is 17.8 Å². The van der Waals surface area contributed by atoms with Crippen molar-refractivity contribution < 1.29 is 0 Å². The number of hydrogen-bond donors (Lipinski definition) is 0. The normalized spacial score (nSPS) is 24.8. The van der Waals surface area contributed by atoms with Crippen LogP contribution in [0.2, 0.25) is 0 Å². The molecule has 1 rings (SSSR count). The minimum Gasteiger partial charge on any atom is -0.306 e. The Labute approximate surface area is 77.1 Å². The Bertz CT molecular complexity index is 123. The van der Waals surface area contributed by atoms with Crippen LogP contribution in [-0.4, -0.2) is 25.0 Å². The summed E-state index contributed by atoms with van der Waals surface area (Å²) in [5, 5.41) is 0. The number of hydrogen-bond acceptors (Lipinski definition) is 1. The molecule has 1 nitrogen and oxygen atoms in total. The largest absolute Gasteiger partial charge is 0.306 e. The molecule has 0 amide bonds. The maximum Gasteiger partial charge on any atom is -0.00190 e. The lowest BCUT2D eigenvalue weighted by Crippen LogP contribution is -2.33. The van der Waals surface area contributed by atoms with Gasteiger partial charge < -0.3 is 4.90 Å². The first kappa shape index (κ1) is 10.0. The van der Waals surface area contributed by atoms with Gasteiger partial charge >= 0.3 is 0 Å². The summed E-state index contributed by atoms with van der Waals surface area (Å²) in [6.45, 7) is 9.73. The van der Waals surface area contributed by atoms with E-state index in [1.807, 2.05) is 0 Å². The number of likely N-dealkylation sites (tertiary alicyclic amines) is 1. The lowest BCUT2D eigenvalue weighted by molar-refractivity contribution is 0.153.